The number of benzene rings is 3. The number of thioether (sulfide) groups is 1. The van der Waals surface area contributed by atoms with Crippen LogP contribution in [0.2, 0.25) is 5.02 Å². The van der Waals surface area contributed by atoms with Gasteiger partial charge in [-0.15, -0.1) is 0 Å². The van der Waals surface area contributed by atoms with Crippen LogP contribution in [-0.2, 0) is 16.1 Å². The van der Waals surface area contributed by atoms with Crippen LogP contribution in [0, 0.1) is 5.82 Å². The molecule has 0 saturated carbocycles. The van der Waals surface area contributed by atoms with Gasteiger partial charge in [0.2, 0.25) is 0 Å². The summed E-state index contributed by atoms with van der Waals surface area (Å²) in [4.78, 5) is 29.7. The standard InChI is InChI=1S/C28H21ClFNO5S/c1-2-35-28(34)24-25(32)23(37-27(24)31-26(33)21-8-3-4-9-22(21)29)15-17-10-12-20(13-11-17)36-16-18-6-5-7-19(30)14-18/h3-15,32H,2,16H2,1H3/b23-15-,31-27?. The van der Waals surface area contributed by atoms with Crippen LogP contribution in [0.25, 0.3) is 6.08 Å². The number of aliphatic hydroxyl groups is 1. The topological polar surface area (TPSA) is 85.2 Å². The predicted molar refractivity (Wildman–Crippen MR) is 142 cm³/mol. The summed E-state index contributed by atoms with van der Waals surface area (Å²) in [5.41, 5.74) is 1.39. The number of hydrogen-bond acceptors (Lipinski definition) is 6. The summed E-state index contributed by atoms with van der Waals surface area (Å²) >= 11 is 7.08. The highest BCUT2D eigenvalue weighted by Crippen LogP contribution is 2.39. The summed E-state index contributed by atoms with van der Waals surface area (Å²) in [7, 11) is 0. The zero-order valence-electron chi connectivity index (χ0n) is 19.6. The van der Waals surface area contributed by atoms with E-state index in [1.54, 1.807) is 67.6 Å². The second kappa shape index (κ2) is 11.9. The van der Waals surface area contributed by atoms with Crippen LogP contribution in [0.1, 0.15) is 28.4 Å². The fourth-order valence-corrected chi connectivity index (χ4v) is 4.61. The maximum absolute atomic E-state index is 13.3. The van der Waals surface area contributed by atoms with Gasteiger partial charge in [-0.1, -0.05) is 59.8 Å². The Labute approximate surface area is 222 Å². The number of aliphatic imine (C=N–C) groups is 1. The molecule has 188 valence electrons. The van der Waals surface area contributed by atoms with Gasteiger partial charge in [-0.2, -0.15) is 0 Å². The smallest absolute Gasteiger partial charge is 0.344 e. The zero-order valence-corrected chi connectivity index (χ0v) is 21.2. The van der Waals surface area contributed by atoms with Crippen molar-refractivity contribution in [3.63, 3.8) is 0 Å². The van der Waals surface area contributed by atoms with E-state index in [0.29, 0.717) is 21.8 Å². The molecule has 37 heavy (non-hydrogen) atoms. The van der Waals surface area contributed by atoms with Crippen LogP contribution in [0.4, 0.5) is 4.39 Å². The molecule has 1 N–H and O–H groups in total. The van der Waals surface area contributed by atoms with Crippen molar-refractivity contribution in [2.45, 2.75) is 13.5 Å². The number of amides is 1. The number of halogens is 2. The fraction of sp³-hybridized carbons (Fsp3) is 0.107. The summed E-state index contributed by atoms with van der Waals surface area (Å²) < 4.78 is 24.1. The molecule has 0 saturated heterocycles. The van der Waals surface area contributed by atoms with Crippen molar-refractivity contribution in [2.75, 3.05) is 6.61 Å². The molecule has 3 aromatic carbocycles. The molecule has 0 atom stereocenters. The first kappa shape index (κ1) is 26.2. The van der Waals surface area contributed by atoms with Crippen LogP contribution in [-0.4, -0.2) is 28.6 Å². The van der Waals surface area contributed by atoms with Crippen molar-refractivity contribution in [1.29, 1.82) is 0 Å². The molecule has 0 spiro atoms. The van der Waals surface area contributed by atoms with Crippen molar-refractivity contribution < 1.29 is 28.6 Å². The van der Waals surface area contributed by atoms with E-state index in [4.69, 9.17) is 21.1 Å². The number of rotatable bonds is 7. The zero-order chi connectivity index (χ0) is 26.4. The first-order valence-electron chi connectivity index (χ1n) is 11.2. The van der Waals surface area contributed by atoms with Gasteiger partial charge in [-0.3, -0.25) is 4.79 Å². The summed E-state index contributed by atoms with van der Waals surface area (Å²) in [5.74, 6) is -1.53. The highest BCUT2D eigenvalue weighted by Gasteiger charge is 2.34. The van der Waals surface area contributed by atoms with Gasteiger partial charge in [-0.25, -0.2) is 14.2 Å². The molecule has 0 aromatic heterocycles. The van der Waals surface area contributed by atoms with Crippen LogP contribution in [0.3, 0.4) is 0 Å². The van der Waals surface area contributed by atoms with E-state index in [1.165, 1.54) is 18.2 Å². The first-order valence-corrected chi connectivity index (χ1v) is 12.4. The van der Waals surface area contributed by atoms with Crippen LogP contribution in [0.5, 0.6) is 5.75 Å². The molecule has 3 aromatic rings. The van der Waals surface area contributed by atoms with Crippen molar-refractivity contribution >= 4 is 46.4 Å². The SMILES string of the molecule is CCOC(=O)C1=C(O)/C(=C/c2ccc(OCc3cccc(F)c3)cc2)SC1=NC(=O)c1ccccc1Cl. The number of hydrogen-bond donors (Lipinski definition) is 1. The minimum atomic E-state index is -0.789. The van der Waals surface area contributed by atoms with Gasteiger partial charge in [0.15, 0.2) is 0 Å². The van der Waals surface area contributed by atoms with Gasteiger partial charge in [0.05, 0.1) is 22.1 Å². The molecule has 4 rings (SSSR count). The molecule has 0 fully saturated rings. The van der Waals surface area contributed by atoms with Crippen molar-refractivity contribution in [3.8, 4) is 5.75 Å². The molecule has 0 radical (unpaired) electrons. The highest BCUT2D eigenvalue weighted by molar-refractivity contribution is 8.18. The lowest BCUT2D eigenvalue weighted by atomic mass is 10.1. The minimum absolute atomic E-state index is 0.0159. The molecule has 0 bridgehead atoms. The van der Waals surface area contributed by atoms with E-state index < -0.39 is 11.9 Å². The number of nitrogens with zero attached hydrogens (tertiary/aromatic N) is 1. The Hall–Kier alpha value is -3.88. The molecule has 9 heteroatoms. The van der Waals surface area contributed by atoms with Gasteiger partial charge in [-0.05, 0) is 60.5 Å². The largest absolute Gasteiger partial charge is 0.506 e. The predicted octanol–water partition coefficient (Wildman–Crippen LogP) is 6.76. The normalized spacial score (nSPS) is 15.3. The fourth-order valence-electron chi connectivity index (χ4n) is 3.38. The second-order valence-corrected chi connectivity index (χ2v) is 9.18. The molecular weight excluding hydrogens is 517 g/mol. The van der Waals surface area contributed by atoms with E-state index in [2.05, 4.69) is 4.99 Å². The third-order valence-corrected chi connectivity index (χ3v) is 6.50. The maximum Gasteiger partial charge on any atom is 0.344 e. The van der Waals surface area contributed by atoms with Crippen molar-refractivity contribution in [2.24, 2.45) is 4.99 Å². The lowest BCUT2D eigenvalue weighted by Gasteiger charge is -2.07. The number of carbonyl (C=O) groups excluding carboxylic acids is 2. The Balaban J connectivity index is 1.56. The minimum Gasteiger partial charge on any atom is -0.506 e. The molecular formula is C28H21ClFNO5S. The monoisotopic (exact) mass is 537 g/mol. The quantitative estimate of drug-likeness (QED) is 0.335. The Morgan fingerprint density at radius 2 is 1.84 bits per heavy atom. The van der Waals surface area contributed by atoms with Gasteiger partial charge in [0.1, 0.15) is 34.5 Å². The number of carbonyl (C=O) groups is 2. The maximum atomic E-state index is 13.3. The summed E-state index contributed by atoms with van der Waals surface area (Å²) in [6, 6.07) is 19.6. The Bertz CT molecular complexity index is 1430. The molecule has 1 aliphatic heterocycles. The van der Waals surface area contributed by atoms with Crippen LogP contribution < -0.4 is 4.74 Å². The van der Waals surface area contributed by atoms with Gasteiger partial charge >= 0.3 is 5.97 Å². The molecule has 1 heterocycles. The average molecular weight is 538 g/mol. The van der Waals surface area contributed by atoms with E-state index >= 15 is 0 Å². The Morgan fingerprint density at radius 3 is 2.54 bits per heavy atom. The van der Waals surface area contributed by atoms with Crippen LogP contribution >= 0.6 is 23.4 Å². The summed E-state index contributed by atoms with van der Waals surface area (Å²) in [5, 5.41) is 11.1. The first-order chi connectivity index (χ1) is 17.9. The lowest BCUT2D eigenvalue weighted by molar-refractivity contribution is -0.138. The van der Waals surface area contributed by atoms with E-state index in [9.17, 15) is 19.1 Å². The Kier molecular flexibility index (Phi) is 8.43. The van der Waals surface area contributed by atoms with Crippen molar-refractivity contribution in [1.82, 2.24) is 0 Å². The van der Waals surface area contributed by atoms with Gasteiger partial charge < -0.3 is 14.6 Å². The third-order valence-electron chi connectivity index (χ3n) is 5.15. The highest BCUT2D eigenvalue weighted by atomic mass is 35.5. The molecule has 6 nitrogen and oxygen atoms in total. The summed E-state index contributed by atoms with van der Waals surface area (Å²) in [6.45, 7) is 1.93. The number of ether oxygens (including phenoxy) is 2. The molecule has 1 amide bonds. The van der Waals surface area contributed by atoms with Crippen LogP contribution in [0.15, 0.2) is 94.0 Å². The van der Waals surface area contributed by atoms with Crippen molar-refractivity contribution in [3.05, 3.63) is 117 Å². The van der Waals surface area contributed by atoms with E-state index in [1.807, 2.05) is 0 Å². The molecule has 0 unspecified atom stereocenters. The second-order valence-electron chi connectivity index (χ2n) is 7.74. The van der Waals surface area contributed by atoms with Gasteiger partial charge in [0, 0.05) is 0 Å². The van der Waals surface area contributed by atoms with E-state index in [0.717, 1.165) is 11.8 Å². The number of aliphatic hydroxyl groups excluding tert-OH is 1. The average Bonchev–Trinajstić information content (AvgIpc) is 3.18. The molecule has 0 aliphatic carbocycles. The number of esters is 1. The lowest BCUT2D eigenvalue weighted by Crippen LogP contribution is -2.14. The van der Waals surface area contributed by atoms with E-state index in [-0.39, 0.29) is 46.0 Å². The van der Waals surface area contributed by atoms with Gasteiger partial charge in [0.25, 0.3) is 5.91 Å². The third kappa shape index (κ3) is 6.47. The molecule has 1 aliphatic rings. The summed E-state index contributed by atoms with van der Waals surface area (Å²) in [6.07, 6.45) is 1.65. The Morgan fingerprint density at radius 1 is 1.08 bits per heavy atom.